The van der Waals surface area contributed by atoms with Gasteiger partial charge < -0.3 is 10.2 Å². The molecule has 1 saturated heterocycles. The summed E-state index contributed by atoms with van der Waals surface area (Å²) in [6.07, 6.45) is -1.33. The number of hydrogen-bond donors (Lipinski definition) is 1. The molecule has 1 aliphatic heterocycles. The molecule has 15 heteroatoms. The van der Waals surface area contributed by atoms with Gasteiger partial charge in [0.2, 0.25) is 11.9 Å². The molecule has 0 aromatic carbocycles. The first-order valence-electron chi connectivity index (χ1n) is 10.7. The second-order valence-corrected chi connectivity index (χ2v) is 8.42. The number of amides is 1. The zero-order valence-corrected chi connectivity index (χ0v) is 19.0. The topological polar surface area (TPSA) is 102 Å². The first-order valence-corrected chi connectivity index (χ1v) is 10.7. The first kappa shape index (κ1) is 25.3. The van der Waals surface area contributed by atoms with Gasteiger partial charge in [0.05, 0.1) is 18.2 Å². The molecule has 1 amide bonds. The zero-order valence-electron chi connectivity index (χ0n) is 19.0. The molecule has 2 atom stereocenters. The summed E-state index contributed by atoms with van der Waals surface area (Å²) in [5.74, 6) is -6.19. The van der Waals surface area contributed by atoms with Crippen molar-refractivity contribution >= 4 is 11.9 Å². The van der Waals surface area contributed by atoms with Gasteiger partial charge in [-0.25, -0.2) is 33.4 Å². The Bertz CT molecular complexity index is 1230. The summed E-state index contributed by atoms with van der Waals surface area (Å²) in [5, 5.41) is 6.59. The van der Waals surface area contributed by atoms with Crippen molar-refractivity contribution in [3.05, 3.63) is 48.1 Å². The molecule has 0 spiro atoms. The number of carbonyl (C=O) groups is 1. The number of nitrogens with zero attached hydrogens (tertiary/aromatic N) is 7. The fraction of sp³-hybridized carbons (Fsp3) is 0.429. The number of aryl methyl sites for hydroxylation is 1. The number of rotatable bonds is 5. The number of hydrogen-bond acceptors (Lipinski definition) is 7. The molecule has 1 fully saturated rings. The standard InChI is InChI=1S/C21H20F6N8O/c1-11-6-20(23,24)10-35(13(11)9-32-19-30-7-12(8-31-19)21(25,26)27)18(36)15-14(16(22)34(2)33-15)17-28-4-3-5-29-17/h3-5,7-8,11,13H,6,9-10H2,1-2H3,(H,30,31,32)/t11-,13?/m1/s1. The third-order valence-corrected chi connectivity index (χ3v) is 5.76. The fourth-order valence-corrected chi connectivity index (χ4v) is 4.06. The number of carbonyl (C=O) groups excluding carboxylic acids is 1. The highest BCUT2D eigenvalue weighted by Crippen LogP contribution is 2.36. The molecule has 3 aromatic heterocycles. The summed E-state index contributed by atoms with van der Waals surface area (Å²) in [6.45, 7) is 0.387. The minimum Gasteiger partial charge on any atom is -0.352 e. The average Bonchev–Trinajstić information content (AvgIpc) is 3.11. The van der Waals surface area contributed by atoms with E-state index in [2.05, 4.69) is 30.4 Å². The number of piperidine rings is 1. The summed E-state index contributed by atoms with van der Waals surface area (Å²) in [4.78, 5) is 29.4. The van der Waals surface area contributed by atoms with Gasteiger partial charge >= 0.3 is 6.18 Å². The maximum Gasteiger partial charge on any atom is 0.419 e. The maximum atomic E-state index is 14.8. The highest BCUT2D eigenvalue weighted by atomic mass is 19.4. The lowest BCUT2D eigenvalue weighted by atomic mass is 9.88. The van der Waals surface area contributed by atoms with Crippen LogP contribution in [0.25, 0.3) is 11.4 Å². The molecule has 0 radical (unpaired) electrons. The Balaban J connectivity index is 1.63. The summed E-state index contributed by atoms with van der Waals surface area (Å²) in [6, 6.07) is 0.620. The van der Waals surface area contributed by atoms with Crippen LogP contribution in [0.3, 0.4) is 0 Å². The Morgan fingerprint density at radius 2 is 1.81 bits per heavy atom. The smallest absolute Gasteiger partial charge is 0.352 e. The third kappa shape index (κ3) is 5.09. The Kier molecular flexibility index (Phi) is 6.58. The molecule has 4 rings (SSSR count). The van der Waals surface area contributed by atoms with Crippen LogP contribution < -0.4 is 5.32 Å². The molecule has 1 N–H and O–H groups in total. The molecule has 36 heavy (non-hydrogen) atoms. The molecule has 1 aliphatic rings. The predicted octanol–water partition coefficient (Wildman–Crippen LogP) is 3.42. The fourth-order valence-electron chi connectivity index (χ4n) is 4.06. The Labute approximate surface area is 200 Å². The van der Waals surface area contributed by atoms with Gasteiger partial charge in [-0.15, -0.1) is 0 Å². The van der Waals surface area contributed by atoms with E-state index in [1.54, 1.807) is 0 Å². The highest BCUT2D eigenvalue weighted by molar-refractivity contribution is 5.98. The van der Waals surface area contributed by atoms with E-state index in [0.717, 1.165) is 9.58 Å². The number of anilines is 1. The van der Waals surface area contributed by atoms with Gasteiger partial charge in [-0.2, -0.15) is 22.7 Å². The molecule has 9 nitrogen and oxygen atoms in total. The van der Waals surface area contributed by atoms with E-state index in [0.29, 0.717) is 12.4 Å². The third-order valence-electron chi connectivity index (χ3n) is 5.76. The van der Waals surface area contributed by atoms with Crippen LogP contribution in [0.2, 0.25) is 0 Å². The van der Waals surface area contributed by atoms with Crippen LogP contribution >= 0.6 is 0 Å². The normalized spacial score (nSPS) is 19.8. The van der Waals surface area contributed by atoms with E-state index in [-0.39, 0.29) is 23.9 Å². The Morgan fingerprint density at radius 1 is 1.17 bits per heavy atom. The van der Waals surface area contributed by atoms with E-state index < -0.39 is 60.1 Å². The van der Waals surface area contributed by atoms with Crippen molar-refractivity contribution < 1.29 is 31.1 Å². The van der Waals surface area contributed by atoms with Crippen molar-refractivity contribution in [3.8, 4) is 11.4 Å². The summed E-state index contributed by atoms with van der Waals surface area (Å²) in [5.41, 5.74) is -1.83. The lowest BCUT2D eigenvalue weighted by Crippen LogP contribution is -2.57. The van der Waals surface area contributed by atoms with Crippen molar-refractivity contribution in [2.24, 2.45) is 13.0 Å². The van der Waals surface area contributed by atoms with Crippen molar-refractivity contribution in [2.75, 3.05) is 18.4 Å². The van der Waals surface area contributed by atoms with Crippen LogP contribution in [-0.4, -0.2) is 65.6 Å². The number of aromatic nitrogens is 6. The van der Waals surface area contributed by atoms with E-state index >= 15 is 0 Å². The van der Waals surface area contributed by atoms with Crippen molar-refractivity contribution in [1.82, 2.24) is 34.6 Å². The molecule has 0 bridgehead atoms. The zero-order chi connectivity index (χ0) is 26.3. The van der Waals surface area contributed by atoms with Crippen LogP contribution in [0.4, 0.5) is 32.3 Å². The van der Waals surface area contributed by atoms with Crippen LogP contribution in [-0.2, 0) is 13.2 Å². The van der Waals surface area contributed by atoms with Crippen LogP contribution in [0.5, 0.6) is 0 Å². The minimum absolute atomic E-state index is 0.143. The lowest BCUT2D eigenvalue weighted by molar-refractivity contribution is -0.138. The van der Waals surface area contributed by atoms with Crippen LogP contribution in [0, 0.1) is 11.9 Å². The van der Waals surface area contributed by atoms with Gasteiger partial charge in [0.1, 0.15) is 5.56 Å². The molecule has 4 heterocycles. The van der Waals surface area contributed by atoms with Gasteiger partial charge in [0.15, 0.2) is 11.5 Å². The summed E-state index contributed by atoms with van der Waals surface area (Å²) in [7, 11) is 1.24. The van der Waals surface area contributed by atoms with Crippen molar-refractivity contribution in [2.45, 2.75) is 31.5 Å². The monoisotopic (exact) mass is 514 g/mol. The van der Waals surface area contributed by atoms with Crippen LogP contribution in [0.1, 0.15) is 29.4 Å². The number of nitrogens with one attached hydrogen (secondary N) is 1. The molecular weight excluding hydrogens is 494 g/mol. The largest absolute Gasteiger partial charge is 0.419 e. The van der Waals surface area contributed by atoms with Gasteiger partial charge in [-0.3, -0.25) is 4.79 Å². The number of alkyl halides is 5. The summed E-state index contributed by atoms with van der Waals surface area (Å²) >= 11 is 0. The van der Waals surface area contributed by atoms with E-state index in [4.69, 9.17) is 0 Å². The van der Waals surface area contributed by atoms with Gasteiger partial charge in [0.25, 0.3) is 11.8 Å². The second-order valence-electron chi connectivity index (χ2n) is 8.42. The van der Waals surface area contributed by atoms with E-state index in [1.807, 2.05) is 0 Å². The van der Waals surface area contributed by atoms with Crippen molar-refractivity contribution in [1.29, 1.82) is 0 Å². The molecular formula is C21H20F6N8O. The van der Waals surface area contributed by atoms with Gasteiger partial charge in [0, 0.05) is 44.8 Å². The molecule has 192 valence electrons. The molecule has 0 aliphatic carbocycles. The van der Waals surface area contributed by atoms with Gasteiger partial charge in [-0.1, -0.05) is 6.92 Å². The molecule has 3 aromatic rings. The Morgan fingerprint density at radius 3 is 2.42 bits per heavy atom. The Hall–Kier alpha value is -3.78. The SMILES string of the molecule is C[C@@H]1CC(F)(F)CN(C(=O)c2nn(C)c(F)c2-c2ncccn2)C1CNc1ncc(C(F)(F)F)cn1. The van der Waals surface area contributed by atoms with Crippen LogP contribution in [0.15, 0.2) is 30.9 Å². The second kappa shape index (κ2) is 9.35. The number of halogens is 6. The first-order chi connectivity index (χ1) is 16.9. The lowest BCUT2D eigenvalue weighted by Gasteiger charge is -2.43. The summed E-state index contributed by atoms with van der Waals surface area (Å²) < 4.78 is 82.9. The quantitative estimate of drug-likeness (QED) is 0.521. The van der Waals surface area contributed by atoms with Gasteiger partial charge in [-0.05, 0) is 12.0 Å². The number of likely N-dealkylation sites (tertiary alicyclic amines) is 1. The average molecular weight is 514 g/mol. The molecule has 1 unspecified atom stereocenters. The minimum atomic E-state index is -4.62. The molecule has 0 saturated carbocycles. The van der Waals surface area contributed by atoms with E-state index in [9.17, 15) is 31.1 Å². The highest BCUT2D eigenvalue weighted by Gasteiger charge is 2.47. The maximum absolute atomic E-state index is 14.8. The van der Waals surface area contributed by atoms with Crippen molar-refractivity contribution in [3.63, 3.8) is 0 Å². The predicted molar refractivity (Wildman–Crippen MR) is 113 cm³/mol. The van der Waals surface area contributed by atoms with E-state index in [1.165, 1.54) is 32.4 Å².